The van der Waals surface area contributed by atoms with Crippen LogP contribution in [0.1, 0.15) is 52.9 Å². The fraction of sp³-hybridized carbons (Fsp3) is 0.941. The number of aliphatic imine (C=N–C) groups is 1. The second kappa shape index (κ2) is 11.2. The van der Waals surface area contributed by atoms with Gasteiger partial charge in [0.25, 0.3) is 0 Å². The lowest BCUT2D eigenvalue weighted by atomic mass is 9.95. The Kier molecular flexibility index (Phi) is 9.96. The van der Waals surface area contributed by atoms with Crippen molar-refractivity contribution in [3.8, 4) is 0 Å². The number of hydrogen-bond donors (Lipinski definition) is 2. The van der Waals surface area contributed by atoms with E-state index in [4.69, 9.17) is 4.74 Å². The Bertz CT molecular complexity index is 323. The van der Waals surface area contributed by atoms with Crippen LogP contribution in [0.3, 0.4) is 0 Å². The van der Waals surface area contributed by atoms with Gasteiger partial charge in [0.1, 0.15) is 0 Å². The van der Waals surface area contributed by atoms with E-state index in [2.05, 4.69) is 42.7 Å². The van der Waals surface area contributed by atoms with E-state index >= 15 is 0 Å². The van der Waals surface area contributed by atoms with E-state index in [0.717, 1.165) is 30.8 Å². The SMILES string of the molecule is CCOC(CCNC(=NC)NC1CCCC(SC)C1)C(C)C. The largest absolute Gasteiger partial charge is 0.378 e. The third-order valence-electron chi connectivity index (χ3n) is 4.37. The molecule has 3 atom stereocenters. The zero-order valence-corrected chi connectivity index (χ0v) is 15.8. The van der Waals surface area contributed by atoms with Gasteiger partial charge in [-0.2, -0.15) is 11.8 Å². The van der Waals surface area contributed by atoms with E-state index < -0.39 is 0 Å². The molecule has 0 bridgehead atoms. The molecule has 3 unspecified atom stereocenters. The number of nitrogens with one attached hydrogen (secondary N) is 2. The molecule has 1 aliphatic carbocycles. The van der Waals surface area contributed by atoms with Crippen molar-refractivity contribution >= 4 is 17.7 Å². The molecule has 2 N–H and O–H groups in total. The first-order valence-corrected chi connectivity index (χ1v) is 10.0. The third-order valence-corrected chi connectivity index (χ3v) is 5.46. The van der Waals surface area contributed by atoms with Crippen molar-refractivity contribution in [2.24, 2.45) is 10.9 Å². The number of rotatable bonds is 8. The van der Waals surface area contributed by atoms with E-state index in [1.54, 1.807) is 0 Å². The molecule has 0 aliphatic heterocycles. The molecule has 0 aromatic carbocycles. The van der Waals surface area contributed by atoms with Gasteiger partial charge in [-0.15, -0.1) is 0 Å². The summed E-state index contributed by atoms with van der Waals surface area (Å²) in [5, 5.41) is 7.83. The minimum absolute atomic E-state index is 0.325. The fourth-order valence-electron chi connectivity index (χ4n) is 3.03. The molecule has 1 rings (SSSR count). The molecule has 0 amide bonds. The molecule has 0 aromatic rings. The van der Waals surface area contributed by atoms with Crippen LogP contribution in [0.25, 0.3) is 0 Å². The lowest BCUT2D eigenvalue weighted by molar-refractivity contribution is 0.0258. The molecule has 0 heterocycles. The molecular formula is C17H35N3OS. The van der Waals surface area contributed by atoms with Crippen LogP contribution < -0.4 is 10.6 Å². The Hall–Kier alpha value is -0.420. The van der Waals surface area contributed by atoms with Crippen molar-refractivity contribution in [1.29, 1.82) is 0 Å². The number of ether oxygens (including phenoxy) is 1. The highest BCUT2D eigenvalue weighted by molar-refractivity contribution is 7.99. The van der Waals surface area contributed by atoms with Gasteiger partial charge >= 0.3 is 0 Å². The maximum atomic E-state index is 5.79. The van der Waals surface area contributed by atoms with Gasteiger partial charge in [0, 0.05) is 31.5 Å². The maximum Gasteiger partial charge on any atom is 0.191 e. The normalized spacial score (nSPS) is 24.4. The summed E-state index contributed by atoms with van der Waals surface area (Å²) in [4.78, 5) is 4.37. The second-order valence-electron chi connectivity index (χ2n) is 6.39. The number of hydrogen-bond acceptors (Lipinski definition) is 3. The monoisotopic (exact) mass is 329 g/mol. The third kappa shape index (κ3) is 7.23. The van der Waals surface area contributed by atoms with Gasteiger partial charge in [0.2, 0.25) is 0 Å². The standard InChI is InChI=1S/C17H35N3OS/c1-6-21-16(13(2)3)10-11-19-17(18-4)20-14-8-7-9-15(12-14)22-5/h13-16H,6-12H2,1-5H3,(H2,18,19,20). The second-order valence-corrected chi connectivity index (χ2v) is 7.53. The summed E-state index contributed by atoms with van der Waals surface area (Å²) in [6.45, 7) is 8.19. The molecule has 0 saturated heterocycles. The first kappa shape index (κ1) is 19.6. The van der Waals surface area contributed by atoms with Crippen LogP contribution in [0.4, 0.5) is 0 Å². The lowest BCUT2D eigenvalue weighted by Gasteiger charge is -2.30. The summed E-state index contributed by atoms with van der Waals surface area (Å²) in [7, 11) is 1.85. The first-order chi connectivity index (χ1) is 10.6. The molecule has 4 nitrogen and oxygen atoms in total. The fourth-order valence-corrected chi connectivity index (χ4v) is 3.86. The van der Waals surface area contributed by atoms with Gasteiger partial charge in [-0.3, -0.25) is 4.99 Å². The number of thioether (sulfide) groups is 1. The van der Waals surface area contributed by atoms with E-state index in [1.165, 1.54) is 25.7 Å². The predicted octanol–water partition coefficient (Wildman–Crippen LogP) is 3.28. The van der Waals surface area contributed by atoms with Gasteiger partial charge in [-0.05, 0) is 44.8 Å². The van der Waals surface area contributed by atoms with Crippen molar-refractivity contribution in [3.63, 3.8) is 0 Å². The summed E-state index contributed by atoms with van der Waals surface area (Å²) in [5.41, 5.74) is 0. The quantitative estimate of drug-likeness (QED) is 0.530. The minimum atomic E-state index is 0.325. The van der Waals surface area contributed by atoms with Crippen LogP contribution in [0.2, 0.25) is 0 Å². The highest BCUT2D eigenvalue weighted by Crippen LogP contribution is 2.26. The lowest BCUT2D eigenvalue weighted by Crippen LogP contribution is -2.46. The molecule has 130 valence electrons. The van der Waals surface area contributed by atoms with Gasteiger partial charge in [-0.1, -0.05) is 20.3 Å². The van der Waals surface area contributed by atoms with Crippen molar-refractivity contribution in [2.45, 2.75) is 70.3 Å². The Morgan fingerprint density at radius 2 is 2.14 bits per heavy atom. The Morgan fingerprint density at radius 3 is 2.73 bits per heavy atom. The van der Waals surface area contributed by atoms with Crippen molar-refractivity contribution in [3.05, 3.63) is 0 Å². The Balaban J connectivity index is 2.33. The molecular weight excluding hydrogens is 294 g/mol. The van der Waals surface area contributed by atoms with Crippen molar-refractivity contribution < 1.29 is 4.74 Å². The van der Waals surface area contributed by atoms with Crippen LogP contribution >= 0.6 is 11.8 Å². The summed E-state index contributed by atoms with van der Waals surface area (Å²) in [6.07, 6.45) is 8.74. The molecule has 0 aromatic heterocycles. The van der Waals surface area contributed by atoms with E-state index in [-0.39, 0.29) is 0 Å². The van der Waals surface area contributed by atoms with Crippen LogP contribution in [0.15, 0.2) is 4.99 Å². The van der Waals surface area contributed by atoms with E-state index in [9.17, 15) is 0 Å². The number of nitrogens with zero attached hydrogens (tertiary/aromatic N) is 1. The topological polar surface area (TPSA) is 45.6 Å². The number of guanidine groups is 1. The predicted molar refractivity (Wildman–Crippen MR) is 98.9 cm³/mol. The molecule has 1 aliphatic rings. The van der Waals surface area contributed by atoms with Gasteiger partial charge in [0.15, 0.2) is 5.96 Å². The molecule has 5 heteroatoms. The van der Waals surface area contributed by atoms with Gasteiger partial charge in [0.05, 0.1) is 6.10 Å². The minimum Gasteiger partial charge on any atom is -0.378 e. The molecule has 22 heavy (non-hydrogen) atoms. The summed E-state index contributed by atoms with van der Waals surface area (Å²) in [6, 6.07) is 0.560. The van der Waals surface area contributed by atoms with Crippen molar-refractivity contribution in [1.82, 2.24) is 10.6 Å². The first-order valence-electron chi connectivity index (χ1n) is 8.72. The van der Waals surface area contributed by atoms with E-state index in [0.29, 0.717) is 18.1 Å². The average molecular weight is 330 g/mol. The van der Waals surface area contributed by atoms with Crippen LogP contribution in [-0.2, 0) is 4.74 Å². The molecule has 1 fully saturated rings. The highest BCUT2D eigenvalue weighted by Gasteiger charge is 2.22. The maximum absolute atomic E-state index is 5.79. The molecule has 1 saturated carbocycles. The highest BCUT2D eigenvalue weighted by atomic mass is 32.2. The molecule has 0 spiro atoms. The average Bonchev–Trinajstić information content (AvgIpc) is 2.53. The van der Waals surface area contributed by atoms with Crippen LogP contribution in [-0.4, -0.2) is 49.8 Å². The molecule has 0 radical (unpaired) electrons. The summed E-state index contributed by atoms with van der Waals surface area (Å²) >= 11 is 2.00. The zero-order valence-electron chi connectivity index (χ0n) is 15.0. The van der Waals surface area contributed by atoms with Gasteiger partial charge < -0.3 is 15.4 Å². The van der Waals surface area contributed by atoms with Crippen LogP contribution in [0, 0.1) is 5.92 Å². The summed E-state index contributed by atoms with van der Waals surface area (Å²) < 4.78 is 5.79. The summed E-state index contributed by atoms with van der Waals surface area (Å²) in [5.74, 6) is 1.49. The zero-order chi connectivity index (χ0) is 16.4. The smallest absolute Gasteiger partial charge is 0.191 e. The van der Waals surface area contributed by atoms with Crippen LogP contribution in [0.5, 0.6) is 0 Å². The Morgan fingerprint density at radius 1 is 1.36 bits per heavy atom. The van der Waals surface area contributed by atoms with Crippen molar-refractivity contribution in [2.75, 3.05) is 26.5 Å². The van der Waals surface area contributed by atoms with E-state index in [1.807, 2.05) is 18.8 Å². The van der Waals surface area contributed by atoms with Gasteiger partial charge in [-0.25, -0.2) is 0 Å². The Labute approximate surface area is 141 Å².